The van der Waals surface area contributed by atoms with Gasteiger partial charge < -0.3 is 4.98 Å². The summed E-state index contributed by atoms with van der Waals surface area (Å²) in [7, 11) is 0. The maximum absolute atomic E-state index is 4.41. The molecule has 2 heterocycles. The molecule has 0 saturated carbocycles. The molecule has 0 radical (unpaired) electrons. The lowest BCUT2D eigenvalue weighted by atomic mass is 10.0. The fraction of sp³-hybridized carbons (Fsp3) is 0.235. The zero-order chi connectivity index (χ0) is 13.2. The SMILES string of the molecule is CCCc1c(-c2cccnc2C)[nH]c2ccccc12. The predicted octanol–water partition coefficient (Wildman–Crippen LogP) is 4.49. The number of aryl methyl sites for hydroxylation is 2. The Kier molecular flexibility index (Phi) is 3.08. The summed E-state index contributed by atoms with van der Waals surface area (Å²) in [5.41, 5.74) is 6.14. The largest absolute Gasteiger partial charge is 0.354 e. The zero-order valence-corrected chi connectivity index (χ0v) is 11.4. The van der Waals surface area contributed by atoms with Crippen LogP contribution in [-0.2, 0) is 6.42 Å². The topological polar surface area (TPSA) is 28.7 Å². The second-order valence-electron chi connectivity index (χ2n) is 4.91. The standard InChI is InChI=1S/C17H18N2/c1-3-7-15-14-8-4-5-10-16(14)19-17(15)13-9-6-11-18-12(13)2/h4-6,8-11,19H,3,7H2,1-2H3. The fourth-order valence-electron chi connectivity index (χ4n) is 2.69. The second kappa shape index (κ2) is 4.88. The normalized spacial score (nSPS) is 11.1. The van der Waals surface area contributed by atoms with E-state index >= 15 is 0 Å². The molecule has 1 N–H and O–H groups in total. The van der Waals surface area contributed by atoms with Crippen LogP contribution in [0.3, 0.4) is 0 Å². The molecule has 3 rings (SSSR count). The van der Waals surface area contributed by atoms with Gasteiger partial charge in [-0.15, -0.1) is 0 Å². The highest BCUT2D eigenvalue weighted by Gasteiger charge is 2.13. The third-order valence-electron chi connectivity index (χ3n) is 3.59. The molecule has 0 amide bonds. The minimum absolute atomic E-state index is 1.08. The van der Waals surface area contributed by atoms with E-state index in [1.54, 1.807) is 0 Å². The first kappa shape index (κ1) is 12.0. The van der Waals surface area contributed by atoms with E-state index in [-0.39, 0.29) is 0 Å². The number of pyridine rings is 1. The first-order chi connectivity index (χ1) is 9.31. The van der Waals surface area contributed by atoms with Crippen LogP contribution in [0.15, 0.2) is 42.6 Å². The Hall–Kier alpha value is -2.09. The average Bonchev–Trinajstić information content (AvgIpc) is 2.79. The van der Waals surface area contributed by atoms with E-state index in [2.05, 4.69) is 54.1 Å². The van der Waals surface area contributed by atoms with E-state index in [0.717, 1.165) is 18.5 Å². The Morgan fingerprint density at radius 2 is 1.95 bits per heavy atom. The Bertz CT molecular complexity index is 710. The van der Waals surface area contributed by atoms with Crippen molar-refractivity contribution in [2.24, 2.45) is 0 Å². The van der Waals surface area contributed by atoms with Crippen molar-refractivity contribution in [1.82, 2.24) is 9.97 Å². The Labute approximate surface area is 113 Å². The molecule has 2 heteroatoms. The molecule has 19 heavy (non-hydrogen) atoms. The van der Waals surface area contributed by atoms with Gasteiger partial charge in [-0.25, -0.2) is 0 Å². The van der Waals surface area contributed by atoms with Gasteiger partial charge in [-0.3, -0.25) is 4.98 Å². The van der Waals surface area contributed by atoms with Crippen molar-refractivity contribution in [3.05, 3.63) is 53.9 Å². The number of nitrogens with one attached hydrogen (secondary N) is 1. The summed E-state index contributed by atoms with van der Waals surface area (Å²) in [4.78, 5) is 7.97. The van der Waals surface area contributed by atoms with Crippen LogP contribution in [0.1, 0.15) is 24.6 Å². The molecular weight excluding hydrogens is 232 g/mol. The van der Waals surface area contributed by atoms with Crippen molar-refractivity contribution in [3.63, 3.8) is 0 Å². The van der Waals surface area contributed by atoms with Crippen molar-refractivity contribution in [3.8, 4) is 11.3 Å². The van der Waals surface area contributed by atoms with Gasteiger partial charge in [0.1, 0.15) is 0 Å². The summed E-state index contributed by atoms with van der Waals surface area (Å²) in [5.74, 6) is 0. The van der Waals surface area contributed by atoms with Crippen LogP contribution in [-0.4, -0.2) is 9.97 Å². The zero-order valence-electron chi connectivity index (χ0n) is 11.4. The summed E-state index contributed by atoms with van der Waals surface area (Å²) < 4.78 is 0. The van der Waals surface area contributed by atoms with E-state index < -0.39 is 0 Å². The summed E-state index contributed by atoms with van der Waals surface area (Å²) in [6.45, 7) is 4.29. The Morgan fingerprint density at radius 3 is 2.74 bits per heavy atom. The van der Waals surface area contributed by atoms with Crippen LogP contribution < -0.4 is 0 Å². The number of rotatable bonds is 3. The van der Waals surface area contributed by atoms with Crippen LogP contribution in [0.25, 0.3) is 22.2 Å². The number of nitrogens with zero attached hydrogens (tertiary/aromatic N) is 1. The van der Waals surface area contributed by atoms with Crippen LogP contribution in [0, 0.1) is 6.92 Å². The van der Waals surface area contributed by atoms with E-state index in [1.165, 1.54) is 27.7 Å². The number of hydrogen-bond donors (Lipinski definition) is 1. The van der Waals surface area contributed by atoms with Gasteiger partial charge in [-0.1, -0.05) is 31.5 Å². The van der Waals surface area contributed by atoms with Gasteiger partial charge in [-0.05, 0) is 37.1 Å². The van der Waals surface area contributed by atoms with Gasteiger partial charge in [0.25, 0.3) is 0 Å². The minimum atomic E-state index is 1.08. The van der Waals surface area contributed by atoms with E-state index in [9.17, 15) is 0 Å². The van der Waals surface area contributed by atoms with Crippen molar-refractivity contribution < 1.29 is 0 Å². The molecule has 0 unspecified atom stereocenters. The first-order valence-electron chi connectivity index (χ1n) is 6.83. The number of aromatic amines is 1. The molecule has 1 aromatic carbocycles. The van der Waals surface area contributed by atoms with Gasteiger partial charge in [0.15, 0.2) is 0 Å². The highest BCUT2D eigenvalue weighted by Crippen LogP contribution is 2.32. The molecular formula is C17H18N2. The van der Waals surface area contributed by atoms with Crippen molar-refractivity contribution in [2.75, 3.05) is 0 Å². The molecule has 2 nitrogen and oxygen atoms in total. The lowest BCUT2D eigenvalue weighted by Gasteiger charge is -2.06. The first-order valence-corrected chi connectivity index (χ1v) is 6.83. The number of fused-ring (bicyclic) bond motifs is 1. The van der Waals surface area contributed by atoms with Gasteiger partial charge in [0.2, 0.25) is 0 Å². The van der Waals surface area contributed by atoms with Gasteiger partial charge in [-0.2, -0.15) is 0 Å². The lowest BCUT2D eigenvalue weighted by molar-refractivity contribution is 0.930. The molecule has 3 aromatic rings. The van der Waals surface area contributed by atoms with Gasteiger partial charge >= 0.3 is 0 Å². The monoisotopic (exact) mass is 250 g/mol. The second-order valence-corrected chi connectivity index (χ2v) is 4.91. The summed E-state index contributed by atoms with van der Waals surface area (Å²) in [6, 6.07) is 12.7. The van der Waals surface area contributed by atoms with Crippen LogP contribution >= 0.6 is 0 Å². The van der Waals surface area contributed by atoms with E-state index in [4.69, 9.17) is 0 Å². The third kappa shape index (κ3) is 2.03. The van der Waals surface area contributed by atoms with Crippen LogP contribution in [0.4, 0.5) is 0 Å². The molecule has 96 valence electrons. The third-order valence-corrected chi connectivity index (χ3v) is 3.59. The molecule has 0 atom stereocenters. The Morgan fingerprint density at radius 1 is 1.11 bits per heavy atom. The summed E-state index contributed by atoms with van der Waals surface area (Å²) >= 11 is 0. The average molecular weight is 250 g/mol. The van der Waals surface area contributed by atoms with E-state index in [1.807, 2.05) is 12.3 Å². The number of benzene rings is 1. The maximum Gasteiger partial charge on any atom is 0.0515 e. The Balaban J connectivity index is 2.28. The molecule has 0 spiro atoms. The molecule has 0 aliphatic heterocycles. The molecule has 0 aliphatic rings. The number of aromatic nitrogens is 2. The summed E-state index contributed by atoms with van der Waals surface area (Å²) in [6.07, 6.45) is 4.09. The van der Waals surface area contributed by atoms with Crippen LogP contribution in [0.2, 0.25) is 0 Å². The quantitative estimate of drug-likeness (QED) is 0.729. The number of H-pyrrole nitrogens is 1. The van der Waals surface area contributed by atoms with Gasteiger partial charge in [0, 0.05) is 28.4 Å². The van der Waals surface area contributed by atoms with Crippen LogP contribution in [0.5, 0.6) is 0 Å². The number of para-hydroxylation sites is 1. The fourth-order valence-corrected chi connectivity index (χ4v) is 2.69. The molecule has 0 bridgehead atoms. The van der Waals surface area contributed by atoms with Crippen molar-refractivity contribution >= 4 is 10.9 Å². The molecule has 0 saturated heterocycles. The molecule has 0 aliphatic carbocycles. The predicted molar refractivity (Wildman–Crippen MR) is 80.3 cm³/mol. The lowest BCUT2D eigenvalue weighted by Crippen LogP contribution is -1.91. The highest BCUT2D eigenvalue weighted by atomic mass is 14.7. The number of hydrogen-bond acceptors (Lipinski definition) is 1. The molecule has 0 fully saturated rings. The van der Waals surface area contributed by atoms with E-state index in [0.29, 0.717) is 0 Å². The summed E-state index contributed by atoms with van der Waals surface area (Å²) in [5, 5.41) is 1.34. The molecule has 2 aromatic heterocycles. The minimum Gasteiger partial charge on any atom is -0.354 e. The van der Waals surface area contributed by atoms with Crippen molar-refractivity contribution in [1.29, 1.82) is 0 Å². The highest BCUT2D eigenvalue weighted by molar-refractivity contribution is 5.91. The smallest absolute Gasteiger partial charge is 0.0515 e. The van der Waals surface area contributed by atoms with Crippen molar-refractivity contribution in [2.45, 2.75) is 26.7 Å². The van der Waals surface area contributed by atoms with Gasteiger partial charge in [0.05, 0.1) is 5.69 Å². The maximum atomic E-state index is 4.41.